The highest BCUT2D eigenvalue weighted by Crippen LogP contribution is 2.09. The average Bonchev–Trinajstić information content (AvgIpc) is 2.99. The zero-order valence-corrected chi connectivity index (χ0v) is 12.7. The molecule has 114 valence electrons. The lowest BCUT2D eigenvalue weighted by Crippen LogP contribution is -2.40. The molecule has 6 nitrogen and oxygen atoms in total. The van der Waals surface area contributed by atoms with E-state index in [0.717, 1.165) is 12.0 Å². The molecule has 21 heavy (non-hydrogen) atoms. The van der Waals surface area contributed by atoms with Crippen LogP contribution in [0, 0.1) is 0 Å². The molecular formula is C14H20ClN5O. The third-order valence-corrected chi connectivity index (χ3v) is 2.98. The lowest BCUT2D eigenvalue weighted by atomic mass is 10.1. The molecule has 0 aromatic carbocycles. The van der Waals surface area contributed by atoms with Crippen molar-refractivity contribution in [3.63, 3.8) is 0 Å². The first-order valence-corrected chi connectivity index (χ1v) is 6.69. The van der Waals surface area contributed by atoms with Crippen molar-refractivity contribution in [2.75, 3.05) is 0 Å². The van der Waals surface area contributed by atoms with Crippen LogP contribution in [0.25, 0.3) is 5.82 Å². The van der Waals surface area contributed by atoms with E-state index in [2.05, 4.69) is 15.4 Å². The largest absolute Gasteiger partial charge is 0.351 e. The SMILES string of the molecule is CCCC(N)C(=O)NCc1cccnc1-n1cccn1.Cl. The van der Waals surface area contributed by atoms with Crippen LogP contribution in [-0.2, 0) is 11.3 Å². The molecule has 3 N–H and O–H groups in total. The number of carbonyl (C=O) groups excluding carboxylic acids is 1. The topological polar surface area (TPSA) is 85.8 Å². The number of carbonyl (C=O) groups is 1. The van der Waals surface area contributed by atoms with E-state index < -0.39 is 6.04 Å². The van der Waals surface area contributed by atoms with E-state index in [1.165, 1.54) is 0 Å². The average molecular weight is 310 g/mol. The molecule has 0 saturated heterocycles. The molecule has 0 spiro atoms. The number of hydrogen-bond acceptors (Lipinski definition) is 4. The Morgan fingerprint density at radius 3 is 2.90 bits per heavy atom. The molecule has 2 aromatic heterocycles. The fourth-order valence-corrected chi connectivity index (χ4v) is 1.92. The van der Waals surface area contributed by atoms with Crippen molar-refractivity contribution < 1.29 is 4.79 Å². The molecule has 0 fully saturated rings. The molecule has 0 aliphatic rings. The quantitative estimate of drug-likeness (QED) is 0.845. The summed E-state index contributed by atoms with van der Waals surface area (Å²) in [6, 6.07) is 5.12. The Morgan fingerprint density at radius 2 is 2.24 bits per heavy atom. The Morgan fingerprint density at radius 1 is 1.43 bits per heavy atom. The van der Waals surface area contributed by atoms with Crippen molar-refractivity contribution in [3.8, 4) is 5.82 Å². The van der Waals surface area contributed by atoms with Gasteiger partial charge in [-0.1, -0.05) is 19.4 Å². The Kier molecular flexibility index (Phi) is 6.84. The van der Waals surface area contributed by atoms with Gasteiger partial charge in [0.2, 0.25) is 5.91 Å². The van der Waals surface area contributed by atoms with Gasteiger partial charge in [-0.05, 0) is 18.6 Å². The highest BCUT2D eigenvalue weighted by molar-refractivity contribution is 5.85. The van der Waals surface area contributed by atoms with Gasteiger partial charge in [-0.15, -0.1) is 12.4 Å². The van der Waals surface area contributed by atoms with Crippen LogP contribution in [-0.4, -0.2) is 26.7 Å². The van der Waals surface area contributed by atoms with Crippen LogP contribution in [0.5, 0.6) is 0 Å². The van der Waals surface area contributed by atoms with Crippen molar-refractivity contribution in [2.45, 2.75) is 32.4 Å². The maximum absolute atomic E-state index is 11.8. The molecule has 0 radical (unpaired) electrons. The smallest absolute Gasteiger partial charge is 0.237 e. The number of nitrogens with zero attached hydrogens (tertiary/aromatic N) is 3. The van der Waals surface area contributed by atoms with Crippen LogP contribution in [0.2, 0.25) is 0 Å². The Labute approximate surface area is 130 Å². The van der Waals surface area contributed by atoms with Gasteiger partial charge in [-0.2, -0.15) is 5.10 Å². The van der Waals surface area contributed by atoms with Gasteiger partial charge in [-0.25, -0.2) is 9.67 Å². The van der Waals surface area contributed by atoms with Gasteiger partial charge in [-0.3, -0.25) is 4.79 Å². The maximum atomic E-state index is 11.8. The highest BCUT2D eigenvalue weighted by atomic mass is 35.5. The standard InChI is InChI=1S/C14H19N5O.ClH/c1-2-5-12(15)14(20)17-10-11-6-3-7-16-13(11)19-9-4-8-18-19;/h3-4,6-9,12H,2,5,10,15H2,1H3,(H,17,20);1H. The predicted molar refractivity (Wildman–Crippen MR) is 83.3 cm³/mol. The summed E-state index contributed by atoms with van der Waals surface area (Å²) in [6.07, 6.45) is 6.78. The normalized spacial score (nSPS) is 11.5. The molecular weight excluding hydrogens is 290 g/mol. The van der Waals surface area contributed by atoms with Gasteiger partial charge in [0, 0.05) is 30.7 Å². The summed E-state index contributed by atoms with van der Waals surface area (Å²) in [4.78, 5) is 16.1. The molecule has 0 saturated carbocycles. The summed E-state index contributed by atoms with van der Waals surface area (Å²) < 4.78 is 1.67. The van der Waals surface area contributed by atoms with Crippen molar-refractivity contribution >= 4 is 18.3 Å². The number of rotatable bonds is 6. The molecule has 1 amide bonds. The van der Waals surface area contributed by atoms with E-state index >= 15 is 0 Å². The van der Waals surface area contributed by atoms with E-state index in [9.17, 15) is 4.79 Å². The third kappa shape index (κ3) is 4.54. The maximum Gasteiger partial charge on any atom is 0.237 e. The molecule has 2 aromatic rings. The highest BCUT2D eigenvalue weighted by Gasteiger charge is 2.13. The fourth-order valence-electron chi connectivity index (χ4n) is 1.92. The first-order chi connectivity index (χ1) is 9.72. The number of aromatic nitrogens is 3. The van der Waals surface area contributed by atoms with Gasteiger partial charge in [0.25, 0.3) is 0 Å². The summed E-state index contributed by atoms with van der Waals surface area (Å²) in [7, 11) is 0. The van der Waals surface area contributed by atoms with Crippen molar-refractivity contribution in [1.82, 2.24) is 20.1 Å². The van der Waals surface area contributed by atoms with E-state index in [-0.39, 0.29) is 18.3 Å². The van der Waals surface area contributed by atoms with Crippen LogP contribution < -0.4 is 11.1 Å². The van der Waals surface area contributed by atoms with Gasteiger partial charge >= 0.3 is 0 Å². The first-order valence-electron chi connectivity index (χ1n) is 6.69. The molecule has 7 heteroatoms. The fraction of sp³-hybridized carbons (Fsp3) is 0.357. The minimum absolute atomic E-state index is 0. The molecule has 0 aliphatic heterocycles. The Hall–Kier alpha value is -1.92. The Bertz CT molecular complexity index is 558. The Balaban J connectivity index is 0.00000220. The number of amides is 1. The number of halogens is 1. The zero-order valence-electron chi connectivity index (χ0n) is 11.9. The predicted octanol–water partition coefficient (Wildman–Crippen LogP) is 1.43. The first kappa shape index (κ1) is 17.1. The number of nitrogens with two attached hydrogens (primary N) is 1. The second-order valence-electron chi connectivity index (χ2n) is 4.55. The molecule has 2 rings (SSSR count). The van der Waals surface area contributed by atoms with Gasteiger partial charge in [0.1, 0.15) is 0 Å². The van der Waals surface area contributed by atoms with Crippen LogP contribution in [0.15, 0.2) is 36.8 Å². The van der Waals surface area contributed by atoms with Gasteiger partial charge in [0.05, 0.1) is 6.04 Å². The minimum atomic E-state index is -0.454. The number of nitrogens with one attached hydrogen (secondary N) is 1. The van der Waals surface area contributed by atoms with Crippen LogP contribution >= 0.6 is 12.4 Å². The lowest BCUT2D eigenvalue weighted by molar-refractivity contribution is -0.122. The second kappa shape index (κ2) is 8.39. The molecule has 1 unspecified atom stereocenters. The van der Waals surface area contributed by atoms with Crippen LogP contribution in [0.1, 0.15) is 25.3 Å². The molecule has 2 heterocycles. The summed E-state index contributed by atoms with van der Waals surface area (Å²) in [5.41, 5.74) is 6.68. The van der Waals surface area contributed by atoms with Gasteiger partial charge in [0.15, 0.2) is 5.82 Å². The van der Waals surface area contributed by atoms with E-state index in [1.54, 1.807) is 17.1 Å². The van der Waals surface area contributed by atoms with E-state index in [1.807, 2.05) is 31.3 Å². The van der Waals surface area contributed by atoms with Crippen molar-refractivity contribution in [3.05, 3.63) is 42.4 Å². The molecule has 0 bridgehead atoms. The lowest BCUT2D eigenvalue weighted by Gasteiger charge is -2.13. The van der Waals surface area contributed by atoms with Crippen LogP contribution in [0.3, 0.4) is 0 Å². The van der Waals surface area contributed by atoms with Gasteiger partial charge < -0.3 is 11.1 Å². The van der Waals surface area contributed by atoms with Crippen LogP contribution in [0.4, 0.5) is 0 Å². The minimum Gasteiger partial charge on any atom is -0.351 e. The van der Waals surface area contributed by atoms with E-state index in [0.29, 0.717) is 18.8 Å². The molecule has 0 aliphatic carbocycles. The summed E-state index contributed by atoms with van der Waals surface area (Å²) in [6.45, 7) is 2.39. The zero-order chi connectivity index (χ0) is 14.4. The van der Waals surface area contributed by atoms with Crippen molar-refractivity contribution in [1.29, 1.82) is 0 Å². The van der Waals surface area contributed by atoms with E-state index in [4.69, 9.17) is 5.73 Å². The van der Waals surface area contributed by atoms with Crippen molar-refractivity contribution in [2.24, 2.45) is 5.73 Å². The monoisotopic (exact) mass is 309 g/mol. The summed E-state index contributed by atoms with van der Waals surface area (Å²) >= 11 is 0. The molecule has 1 atom stereocenters. The number of hydrogen-bond donors (Lipinski definition) is 2. The second-order valence-corrected chi connectivity index (χ2v) is 4.55. The third-order valence-electron chi connectivity index (χ3n) is 2.98. The summed E-state index contributed by atoms with van der Waals surface area (Å²) in [5.74, 6) is 0.573. The summed E-state index contributed by atoms with van der Waals surface area (Å²) in [5, 5.41) is 7.00. The number of pyridine rings is 1.